The molecule has 1 amide bonds. The van der Waals surface area contributed by atoms with Crippen LogP contribution in [0.3, 0.4) is 0 Å². The van der Waals surface area contributed by atoms with Gasteiger partial charge in [0, 0.05) is 15.5 Å². The van der Waals surface area contributed by atoms with E-state index in [1.165, 1.54) is 6.20 Å². The van der Waals surface area contributed by atoms with Crippen molar-refractivity contribution in [1.82, 2.24) is 9.88 Å². The molecule has 2 saturated heterocycles. The maximum absolute atomic E-state index is 14.4. The van der Waals surface area contributed by atoms with E-state index in [-0.39, 0.29) is 5.15 Å². The minimum atomic E-state index is -1.69. The standard InChI is InChI=1S/C32H23ClIN3O5/c33-23-15-19(13-14-35-23)28-32(21-16-20(34)11-12-22(21)36-31(32)41)24(29(38)39)26-30(40)42-27(18-9-5-2-6-10-18)25(37(26)28)17-7-3-1-4-8-17/h1-16,24-28H,(H,36,41)(H,38,39)/t24-,25-,26-,27+,28+,32-/m0/s1. The van der Waals surface area contributed by atoms with Crippen LogP contribution in [0.4, 0.5) is 5.69 Å². The Morgan fingerprint density at radius 3 is 2.29 bits per heavy atom. The average Bonchev–Trinajstić information content (AvgIpc) is 3.46. The van der Waals surface area contributed by atoms with Crippen LogP contribution in [0.1, 0.15) is 40.4 Å². The number of morpholine rings is 1. The number of fused-ring (bicyclic) bond motifs is 3. The molecule has 1 spiro atoms. The molecule has 210 valence electrons. The van der Waals surface area contributed by atoms with Crippen LogP contribution in [0.5, 0.6) is 0 Å². The number of aliphatic carboxylic acids is 1. The summed E-state index contributed by atoms with van der Waals surface area (Å²) < 4.78 is 7.00. The number of halogens is 2. The molecular weight excluding hydrogens is 669 g/mol. The lowest BCUT2D eigenvalue weighted by Gasteiger charge is -2.46. The largest absolute Gasteiger partial charge is 0.481 e. The van der Waals surface area contributed by atoms with Crippen LogP contribution in [0, 0.1) is 9.49 Å². The summed E-state index contributed by atoms with van der Waals surface area (Å²) >= 11 is 8.57. The van der Waals surface area contributed by atoms with Gasteiger partial charge in [0.1, 0.15) is 28.6 Å². The molecule has 7 rings (SSSR count). The molecule has 8 nitrogen and oxygen atoms in total. The lowest BCUT2D eigenvalue weighted by atomic mass is 9.65. The van der Waals surface area contributed by atoms with Gasteiger partial charge in [-0.1, -0.05) is 72.3 Å². The van der Waals surface area contributed by atoms with Gasteiger partial charge in [-0.05, 0) is 75.2 Å². The normalized spacial score (nSPS) is 28.2. The number of nitrogens with one attached hydrogen (secondary N) is 1. The second-order valence-corrected chi connectivity index (χ2v) is 12.3. The fourth-order valence-corrected chi connectivity index (χ4v) is 7.81. The molecule has 3 aliphatic heterocycles. The Morgan fingerprint density at radius 2 is 1.62 bits per heavy atom. The second kappa shape index (κ2) is 10.2. The Kier molecular flexibility index (Phi) is 6.56. The van der Waals surface area contributed by atoms with Gasteiger partial charge in [0.25, 0.3) is 0 Å². The zero-order chi connectivity index (χ0) is 29.2. The third kappa shape index (κ3) is 3.90. The number of carboxylic acids is 1. The first-order chi connectivity index (χ1) is 20.3. The number of rotatable bonds is 4. The Bertz CT molecular complexity index is 1740. The topological polar surface area (TPSA) is 109 Å². The van der Waals surface area contributed by atoms with Crippen LogP contribution >= 0.6 is 34.2 Å². The third-order valence-electron chi connectivity index (χ3n) is 8.60. The maximum atomic E-state index is 14.4. The van der Waals surface area contributed by atoms with E-state index in [4.69, 9.17) is 16.3 Å². The zero-order valence-electron chi connectivity index (χ0n) is 21.9. The molecule has 0 radical (unpaired) electrons. The molecule has 0 aliphatic carbocycles. The number of carboxylic acid groups (broad SMARTS) is 1. The van der Waals surface area contributed by atoms with Crippen molar-refractivity contribution in [3.05, 3.63) is 128 Å². The van der Waals surface area contributed by atoms with E-state index in [0.717, 1.165) is 14.7 Å². The predicted octanol–water partition coefficient (Wildman–Crippen LogP) is 5.70. The van der Waals surface area contributed by atoms with Gasteiger partial charge < -0.3 is 15.2 Å². The number of carbonyl (C=O) groups is 3. The second-order valence-electron chi connectivity index (χ2n) is 10.7. The number of pyridine rings is 1. The predicted molar refractivity (Wildman–Crippen MR) is 163 cm³/mol. The van der Waals surface area contributed by atoms with Crippen LogP contribution < -0.4 is 5.32 Å². The molecular formula is C32H23ClIN3O5. The molecule has 0 saturated carbocycles. The Balaban J connectivity index is 1.58. The van der Waals surface area contributed by atoms with Crippen molar-refractivity contribution in [1.29, 1.82) is 0 Å². The molecule has 0 bridgehead atoms. The molecule has 3 aromatic carbocycles. The summed E-state index contributed by atoms with van der Waals surface area (Å²) in [6.07, 6.45) is 0.757. The molecule has 10 heteroatoms. The molecule has 3 aliphatic rings. The van der Waals surface area contributed by atoms with Crippen LogP contribution in [-0.2, 0) is 24.5 Å². The Labute approximate surface area is 259 Å². The molecule has 42 heavy (non-hydrogen) atoms. The highest BCUT2D eigenvalue weighted by atomic mass is 127. The lowest BCUT2D eigenvalue weighted by molar-refractivity contribution is -0.179. The molecule has 2 N–H and O–H groups in total. The van der Waals surface area contributed by atoms with Crippen LogP contribution in [0.25, 0.3) is 0 Å². The molecule has 0 unspecified atom stereocenters. The highest BCUT2D eigenvalue weighted by Crippen LogP contribution is 2.64. The first-order valence-electron chi connectivity index (χ1n) is 13.4. The maximum Gasteiger partial charge on any atom is 0.325 e. The van der Waals surface area contributed by atoms with Gasteiger partial charge in [-0.3, -0.25) is 19.3 Å². The molecule has 1 aromatic heterocycles. The summed E-state index contributed by atoms with van der Waals surface area (Å²) in [5.41, 5.74) is 1.50. The fraction of sp³-hybridized carbons (Fsp3) is 0.188. The number of ether oxygens (including phenoxy) is 1. The van der Waals surface area contributed by atoms with Crippen molar-refractivity contribution in [2.75, 3.05) is 5.32 Å². The van der Waals surface area contributed by atoms with Gasteiger partial charge in [-0.25, -0.2) is 4.98 Å². The molecule has 4 aromatic rings. The van der Waals surface area contributed by atoms with Crippen molar-refractivity contribution in [2.45, 2.75) is 29.6 Å². The van der Waals surface area contributed by atoms with Crippen molar-refractivity contribution in [3.8, 4) is 0 Å². The summed E-state index contributed by atoms with van der Waals surface area (Å²) in [6.45, 7) is 0. The van der Waals surface area contributed by atoms with E-state index < -0.39 is 53.4 Å². The highest BCUT2D eigenvalue weighted by Gasteiger charge is 2.74. The number of benzene rings is 3. The molecule has 6 atom stereocenters. The van der Waals surface area contributed by atoms with Crippen LogP contribution in [0.15, 0.2) is 97.2 Å². The molecule has 4 heterocycles. The number of anilines is 1. The van der Waals surface area contributed by atoms with Crippen molar-refractivity contribution < 1.29 is 24.2 Å². The van der Waals surface area contributed by atoms with E-state index in [0.29, 0.717) is 16.8 Å². The van der Waals surface area contributed by atoms with E-state index in [1.807, 2.05) is 77.7 Å². The van der Waals surface area contributed by atoms with Crippen LogP contribution in [0.2, 0.25) is 5.15 Å². The quantitative estimate of drug-likeness (QED) is 0.161. The van der Waals surface area contributed by atoms with Gasteiger partial charge in [0.2, 0.25) is 5.91 Å². The van der Waals surface area contributed by atoms with Crippen LogP contribution in [-0.4, -0.2) is 38.9 Å². The van der Waals surface area contributed by atoms with Gasteiger partial charge in [-0.2, -0.15) is 0 Å². The summed E-state index contributed by atoms with van der Waals surface area (Å²) in [5, 5.41) is 14.0. The Morgan fingerprint density at radius 1 is 0.929 bits per heavy atom. The number of nitrogens with zero attached hydrogens (tertiary/aromatic N) is 2. The van der Waals surface area contributed by atoms with E-state index in [1.54, 1.807) is 18.2 Å². The van der Waals surface area contributed by atoms with E-state index in [9.17, 15) is 19.5 Å². The first-order valence-corrected chi connectivity index (χ1v) is 14.8. The minimum absolute atomic E-state index is 0.190. The smallest absolute Gasteiger partial charge is 0.325 e. The lowest BCUT2D eigenvalue weighted by Crippen LogP contribution is -2.52. The monoisotopic (exact) mass is 691 g/mol. The number of esters is 1. The number of aromatic nitrogens is 1. The summed E-state index contributed by atoms with van der Waals surface area (Å²) in [4.78, 5) is 47.9. The first kappa shape index (κ1) is 27.1. The third-order valence-corrected chi connectivity index (χ3v) is 9.48. The number of carbonyl (C=O) groups excluding carboxylic acids is 2. The number of cyclic esters (lactones) is 1. The highest BCUT2D eigenvalue weighted by molar-refractivity contribution is 14.1. The van der Waals surface area contributed by atoms with Gasteiger partial charge in [-0.15, -0.1) is 0 Å². The SMILES string of the molecule is O=C1O[C@H](c2ccccc2)[C@H](c2ccccc2)N2[C@H]1[C@@H](C(=O)O)[C@]1(C(=O)Nc3ccc(I)cc31)[C@H]2c1ccnc(Cl)c1. The van der Waals surface area contributed by atoms with Gasteiger partial charge in [0.05, 0.1) is 12.1 Å². The van der Waals surface area contributed by atoms with Gasteiger partial charge >= 0.3 is 11.9 Å². The minimum Gasteiger partial charge on any atom is -0.481 e. The number of amides is 1. The van der Waals surface area contributed by atoms with Crippen molar-refractivity contribution >= 4 is 57.7 Å². The van der Waals surface area contributed by atoms with Crippen molar-refractivity contribution in [2.24, 2.45) is 5.92 Å². The summed E-state index contributed by atoms with van der Waals surface area (Å²) in [5.74, 6) is -3.92. The summed E-state index contributed by atoms with van der Waals surface area (Å²) in [7, 11) is 0. The number of hydrogen-bond acceptors (Lipinski definition) is 6. The number of hydrogen-bond donors (Lipinski definition) is 2. The van der Waals surface area contributed by atoms with E-state index in [2.05, 4.69) is 32.9 Å². The summed E-state index contributed by atoms with van der Waals surface area (Å²) in [6, 6.07) is 24.9. The Hall–Kier alpha value is -3.80. The van der Waals surface area contributed by atoms with Crippen molar-refractivity contribution in [3.63, 3.8) is 0 Å². The zero-order valence-corrected chi connectivity index (χ0v) is 24.8. The average molecular weight is 692 g/mol. The van der Waals surface area contributed by atoms with Gasteiger partial charge in [0.15, 0.2) is 0 Å². The van der Waals surface area contributed by atoms with E-state index >= 15 is 0 Å². The fourth-order valence-electron chi connectivity index (χ4n) is 7.13. The molecule has 2 fully saturated rings.